The monoisotopic (exact) mass is 298 g/mol. The van der Waals surface area contributed by atoms with Crippen LogP contribution in [0.2, 0.25) is 0 Å². The van der Waals surface area contributed by atoms with E-state index in [0.29, 0.717) is 0 Å². The van der Waals surface area contributed by atoms with Crippen LogP contribution in [-0.4, -0.2) is 55.5 Å². The average Bonchev–Trinajstić information content (AvgIpc) is 2.85. The van der Waals surface area contributed by atoms with E-state index in [2.05, 4.69) is 5.92 Å². The van der Waals surface area contributed by atoms with Crippen molar-refractivity contribution in [3.63, 3.8) is 0 Å². The molecule has 6 nitrogen and oxygen atoms in total. The van der Waals surface area contributed by atoms with Gasteiger partial charge in [-0.25, -0.2) is 0 Å². The molecule has 0 aromatic rings. The Balaban J connectivity index is 1.90. The minimum absolute atomic E-state index is 0.309. The fraction of sp³-hybridized carbons (Fsp3) is 0.867. The normalized spacial score (nSPS) is 44.7. The Labute approximate surface area is 125 Å². The molecule has 0 saturated carbocycles. The van der Waals surface area contributed by atoms with E-state index in [-0.39, 0.29) is 18.3 Å². The van der Waals surface area contributed by atoms with Gasteiger partial charge in [0.15, 0.2) is 17.9 Å². The molecule has 1 unspecified atom stereocenters. The van der Waals surface area contributed by atoms with Gasteiger partial charge in [0.2, 0.25) is 0 Å². The van der Waals surface area contributed by atoms with Crippen molar-refractivity contribution in [2.75, 3.05) is 7.11 Å². The van der Waals surface area contributed by atoms with Crippen LogP contribution in [0.5, 0.6) is 0 Å². The van der Waals surface area contributed by atoms with Crippen molar-refractivity contribution >= 4 is 0 Å². The lowest BCUT2D eigenvalue weighted by molar-refractivity contribution is -0.249. The summed E-state index contributed by atoms with van der Waals surface area (Å²) in [7, 11) is 1.55. The predicted octanol–water partition coefficient (Wildman–Crippen LogP) is 1.03. The molecule has 0 aromatic carbocycles. The number of methoxy groups -OCH3 is 1. The van der Waals surface area contributed by atoms with Gasteiger partial charge in [-0.05, 0) is 27.7 Å². The first-order valence-electron chi connectivity index (χ1n) is 7.12. The summed E-state index contributed by atoms with van der Waals surface area (Å²) >= 11 is 0. The van der Waals surface area contributed by atoms with E-state index in [1.807, 2.05) is 27.7 Å². The van der Waals surface area contributed by atoms with Crippen molar-refractivity contribution in [1.29, 1.82) is 0 Å². The molecule has 6 atom stereocenters. The standard InChI is InChI=1S/C15H22O6/c1-7-8(16-6)9-10-11(19-14(2,3)18-10)12-13(17-9)21-15(4,5)20-12/h1,8-13H,2-6H3/t8?,9-,10+,11+,12-,13-/m1/s1. The number of rotatable bonds is 2. The van der Waals surface area contributed by atoms with Crippen molar-refractivity contribution in [2.24, 2.45) is 0 Å². The molecule has 0 aromatic heterocycles. The number of hydrogen-bond acceptors (Lipinski definition) is 6. The molecule has 0 bridgehead atoms. The summed E-state index contributed by atoms with van der Waals surface area (Å²) in [4.78, 5) is 0. The summed E-state index contributed by atoms with van der Waals surface area (Å²) < 4.78 is 35.0. The quantitative estimate of drug-likeness (QED) is 0.710. The predicted molar refractivity (Wildman–Crippen MR) is 72.2 cm³/mol. The van der Waals surface area contributed by atoms with Crippen LogP contribution in [0.1, 0.15) is 27.7 Å². The Morgan fingerprint density at radius 2 is 1.52 bits per heavy atom. The largest absolute Gasteiger partial charge is 0.366 e. The molecule has 3 fully saturated rings. The van der Waals surface area contributed by atoms with Crippen molar-refractivity contribution in [1.82, 2.24) is 0 Å². The Morgan fingerprint density at radius 3 is 2.14 bits per heavy atom. The molecule has 0 radical (unpaired) electrons. The van der Waals surface area contributed by atoms with E-state index in [9.17, 15) is 0 Å². The summed E-state index contributed by atoms with van der Waals surface area (Å²) in [6, 6.07) is 0. The zero-order valence-corrected chi connectivity index (χ0v) is 13.0. The smallest absolute Gasteiger partial charge is 0.190 e. The van der Waals surface area contributed by atoms with Gasteiger partial charge in [-0.2, -0.15) is 0 Å². The van der Waals surface area contributed by atoms with Crippen LogP contribution >= 0.6 is 0 Å². The zero-order valence-electron chi connectivity index (χ0n) is 13.0. The van der Waals surface area contributed by atoms with Crippen molar-refractivity contribution in [3.8, 4) is 12.3 Å². The zero-order chi connectivity index (χ0) is 15.4. The Morgan fingerprint density at radius 1 is 0.952 bits per heavy atom. The highest BCUT2D eigenvalue weighted by atomic mass is 16.9. The molecular weight excluding hydrogens is 276 g/mol. The van der Waals surface area contributed by atoms with Gasteiger partial charge in [-0.3, -0.25) is 0 Å². The Kier molecular flexibility index (Phi) is 3.56. The van der Waals surface area contributed by atoms with Crippen LogP contribution < -0.4 is 0 Å². The maximum absolute atomic E-state index is 6.00. The molecule has 118 valence electrons. The van der Waals surface area contributed by atoms with Crippen LogP contribution in [0, 0.1) is 12.3 Å². The minimum atomic E-state index is -0.733. The molecule has 0 amide bonds. The highest BCUT2D eigenvalue weighted by Crippen LogP contribution is 2.44. The fourth-order valence-electron chi connectivity index (χ4n) is 3.18. The SMILES string of the molecule is C#CC(OC)[C@H]1O[C@@H]2OC(C)(C)O[C@@H]2[C@H]2OC(C)(C)O[C@H]21. The van der Waals surface area contributed by atoms with Crippen LogP contribution in [0.15, 0.2) is 0 Å². The second-order valence-electron chi connectivity index (χ2n) is 6.46. The number of ether oxygens (including phenoxy) is 6. The fourth-order valence-corrected chi connectivity index (χ4v) is 3.18. The van der Waals surface area contributed by atoms with Crippen molar-refractivity contribution in [2.45, 2.75) is 76.1 Å². The number of fused-ring (bicyclic) bond motifs is 3. The second-order valence-corrected chi connectivity index (χ2v) is 6.46. The minimum Gasteiger partial charge on any atom is -0.366 e. The highest BCUT2D eigenvalue weighted by Gasteiger charge is 2.61. The lowest BCUT2D eigenvalue weighted by Gasteiger charge is -2.38. The van der Waals surface area contributed by atoms with Gasteiger partial charge in [0.05, 0.1) is 0 Å². The van der Waals surface area contributed by atoms with Gasteiger partial charge in [0, 0.05) is 7.11 Å². The third kappa shape index (κ3) is 2.59. The van der Waals surface area contributed by atoms with E-state index in [4.69, 9.17) is 34.8 Å². The third-order valence-electron chi connectivity index (χ3n) is 3.91. The molecule has 21 heavy (non-hydrogen) atoms. The van der Waals surface area contributed by atoms with Crippen LogP contribution in [0.3, 0.4) is 0 Å². The van der Waals surface area contributed by atoms with Crippen molar-refractivity contribution < 1.29 is 28.4 Å². The summed E-state index contributed by atoms with van der Waals surface area (Å²) in [6.45, 7) is 7.40. The van der Waals surface area contributed by atoms with Gasteiger partial charge in [-0.15, -0.1) is 6.42 Å². The topological polar surface area (TPSA) is 55.4 Å². The van der Waals surface area contributed by atoms with Gasteiger partial charge in [0.25, 0.3) is 0 Å². The summed E-state index contributed by atoms with van der Waals surface area (Å²) in [5.74, 6) is 1.12. The maximum atomic E-state index is 6.00. The van der Waals surface area contributed by atoms with E-state index in [1.54, 1.807) is 7.11 Å². The average molecular weight is 298 g/mol. The first-order valence-corrected chi connectivity index (χ1v) is 7.12. The van der Waals surface area contributed by atoms with E-state index in [1.165, 1.54) is 0 Å². The molecule has 3 aliphatic heterocycles. The first kappa shape index (κ1) is 15.2. The van der Waals surface area contributed by atoms with Gasteiger partial charge >= 0.3 is 0 Å². The molecule has 0 spiro atoms. The molecule has 0 aliphatic carbocycles. The summed E-state index contributed by atoms with van der Waals surface area (Å²) in [5, 5.41) is 0. The van der Waals surface area contributed by atoms with Crippen LogP contribution in [0.4, 0.5) is 0 Å². The highest BCUT2D eigenvalue weighted by molar-refractivity contribution is 5.09. The lowest BCUT2D eigenvalue weighted by atomic mass is 9.95. The summed E-state index contributed by atoms with van der Waals surface area (Å²) in [6.07, 6.45) is 2.96. The van der Waals surface area contributed by atoms with Gasteiger partial charge in [-0.1, -0.05) is 5.92 Å². The van der Waals surface area contributed by atoms with Crippen LogP contribution in [0.25, 0.3) is 0 Å². The maximum Gasteiger partial charge on any atom is 0.190 e. The molecule has 3 heterocycles. The van der Waals surface area contributed by atoms with Gasteiger partial charge < -0.3 is 28.4 Å². The second kappa shape index (κ2) is 4.92. The summed E-state index contributed by atoms with van der Waals surface area (Å²) in [5.41, 5.74) is 0. The Hall–Kier alpha value is -0.680. The number of hydrogen-bond donors (Lipinski definition) is 0. The molecule has 3 aliphatic rings. The number of terminal acetylenes is 1. The molecular formula is C15H22O6. The van der Waals surface area contributed by atoms with Crippen LogP contribution in [-0.2, 0) is 28.4 Å². The molecule has 3 rings (SSSR count). The van der Waals surface area contributed by atoms with E-state index < -0.39 is 30.1 Å². The van der Waals surface area contributed by atoms with E-state index >= 15 is 0 Å². The Bertz CT molecular complexity index is 454. The third-order valence-corrected chi connectivity index (χ3v) is 3.91. The molecule has 0 N–H and O–H groups in total. The molecule has 3 saturated heterocycles. The van der Waals surface area contributed by atoms with E-state index in [0.717, 1.165) is 0 Å². The van der Waals surface area contributed by atoms with Crippen molar-refractivity contribution in [3.05, 3.63) is 0 Å². The first-order chi connectivity index (χ1) is 9.76. The lowest BCUT2D eigenvalue weighted by Crippen LogP contribution is -2.58. The molecule has 6 heteroatoms. The van der Waals surface area contributed by atoms with Gasteiger partial charge in [0.1, 0.15) is 30.5 Å².